The van der Waals surface area contributed by atoms with E-state index < -0.39 is 9.84 Å². The first-order chi connectivity index (χ1) is 12.3. The number of para-hydroxylation sites is 2. The number of amides is 1. The Morgan fingerprint density at radius 2 is 1.77 bits per heavy atom. The number of hydrogen-bond donors (Lipinski definition) is 1. The highest BCUT2D eigenvalue weighted by atomic mass is 32.2. The third-order valence-electron chi connectivity index (χ3n) is 4.10. The molecule has 0 radical (unpaired) electrons. The zero-order chi connectivity index (χ0) is 18.7. The van der Waals surface area contributed by atoms with Crippen LogP contribution in [-0.2, 0) is 26.9 Å². The topological polar surface area (TPSA) is 81.1 Å². The molecule has 7 heteroatoms. The number of carbonyl (C=O) groups excluding carboxylic acids is 1. The SMILES string of the molecule is C[C@@H](NC(=O)Cn1c(CS(C)(=O)=O)nc2ccccc21)c1ccccc1. The van der Waals surface area contributed by atoms with E-state index in [9.17, 15) is 13.2 Å². The molecule has 0 aliphatic carbocycles. The minimum Gasteiger partial charge on any atom is -0.348 e. The van der Waals surface area contributed by atoms with Crippen LogP contribution in [0.5, 0.6) is 0 Å². The number of fused-ring (bicyclic) bond motifs is 1. The second kappa shape index (κ2) is 7.29. The van der Waals surface area contributed by atoms with E-state index in [-0.39, 0.29) is 24.2 Å². The fraction of sp³-hybridized carbons (Fsp3) is 0.263. The number of aromatic nitrogens is 2. The van der Waals surface area contributed by atoms with E-state index in [0.717, 1.165) is 17.3 Å². The third kappa shape index (κ3) is 4.29. The summed E-state index contributed by atoms with van der Waals surface area (Å²) in [6, 6.07) is 16.8. The molecule has 0 unspecified atom stereocenters. The quantitative estimate of drug-likeness (QED) is 0.722. The molecule has 2 aromatic carbocycles. The zero-order valence-electron chi connectivity index (χ0n) is 14.7. The second-order valence-electron chi connectivity index (χ2n) is 6.37. The first-order valence-electron chi connectivity index (χ1n) is 8.29. The molecule has 0 aliphatic rings. The maximum atomic E-state index is 12.5. The average molecular weight is 371 g/mol. The lowest BCUT2D eigenvalue weighted by atomic mass is 10.1. The maximum Gasteiger partial charge on any atom is 0.240 e. The lowest BCUT2D eigenvalue weighted by Crippen LogP contribution is -2.30. The number of benzene rings is 2. The van der Waals surface area contributed by atoms with Gasteiger partial charge in [-0.15, -0.1) is 0 Å². The van der Waals surface area contributed by atoms with E-state index in [1.54, 1.807) is 4.57 Å². The first-order valence-corrected chi connectivity index (χ1v) is 10.4. The molecule has 3 aromatic rings. The molecule has 3 rings (SSSR count). The number of imidazole rings is 1. The number of nitrogens with zero attached hydrogens (tertiary/aromatic N) is 2. The number of carbonyl (C=O) groups is 1. The fourth-order valence-corrected chi connectivity index (χ4v) is 3.59. The zero-order valence-corrected chi connectivity index (χ0v) is 15.5. The van der Waals surface area contributed by atoms with Crippen molar-refractivity contribution in [1.29, 1.82) is 0 Å². The molecule has 26 heavy (non-hydrogen) atoms. The summed E-state index contributed by atoms with van der Waals surface area (Å²) < 4.78 is 25.1. The monoisotopic (exact) mass is 371 g/mol. The van der Waals surface area contributed by atoms with Crippen molar-refractivity contribution in [3.8, 4) is 0 Å². The van der Waals surface area contributed by atoms with Crippen molar-refractivity contribution in [2.24, 2.45) is 0 Å². The van der Waals surface area contributed by atoms with Crippen molar-refractivity contribution in [2.75, 3.05) is 6.26 Å². The molecular weight excluding hydrogens is 350 g/mol. The Bertz CT molecular complexity index is 1030. The van der Waals surface area contributed by atoms with Crippen LogP contribution < -0.4 is 5.32 Å². The smallest absolute Gasteiger partial charge is 0.240 e. The Balaban J connectivity index is 1.85. The molecule has 1 amide bonds. The van der Waals surface area contributed by atoms with Crippen molar-refractivity contribution >= 4 is 26.8 Å². The molecule has 0 aliphatic heterocycles. The summed E-state index contributed by atoms with van der Waals surface area (Å²) in [6.07, 6.45) is 1.16. The number of sulfone groups is 1. The summed E-state index contributed by atoms with van der Waals surface area (Å²) in [7, 11) is -3.26. The second-order valence-corrected chi connectivity index (χ2v) is 8.51. The summed E-state index contributed by atoms with van der Waals surface area (Å²) >= 11 is 0. The van der Waals surface area contributed by atoms with Gasteiger partial charge in [0.2, 0.25) is 5.91 Å². The minimum atomic E-state index is -3.26. The first kappa shape index (κ1) is 18.1. The molecule has 1 aromatic heterocycles. The van der Waals surface area contributed by atoms with Crippen molar-refractivity contribution in [3.05, 3.63) is 66.0 Å². The van der Waals surface area contributed by atoms with Gasteiger partial charge in [0, 0.05) is 6.26 Å². The van der Waals surface area contributed by atoms with Gasteiger partial charge in [0.25, 0.3) is 0 Å². The summed E-state index contributed by atoms with van der Waals surface area (Å²) in [6.45, 7) is 1.93. The van der Waals surface area contributed by atoms with Gasteiger partial charge in [0.05, 0.1) is 17.1 Å². The van der Waals surface area contributed by atoms with Crippen LogP contribution in [0.2, 0.25) is 0 Å². The van der Waals surface area contributed by atoms with Crippen LogP contribution in [0.1, 0.15) is 24.4 Å². The molecule has 0 spiro atoms. The molecule has 1 atom stereocenters. The number of hydrogen-bond acceptors (Lipinski definition) is 4. The van der Waals surface area contributed by atoms with E-state index in [1.165, 1.54) is 0 Å². The Hall–Kier alpha value is -2.67. The molecule has 0 saturated heterocycles. The Kier molecular flexibility index (Phi) is 5.08. The Morgan fingerprint density at radius 3 is 2.46 bits per heavy atom. The van der Waals surface area contributed by atoms with Crippen LogP contribution in [0, 0.1) is 0 Å². The van der Waals surface area contributed by atoms with Crippen molar-refractivity contribution in [2.45, 2.75) is 25.3 Å². The average Bonchev–Trinajstić information content (AvgIpc) is 2.91. The summed E-state index contributed by atoms with van der Waals surface area (Å²) in [5, 5.41) is 2.95. The van der Waals surface area contributed by atoms with E-state index in [0.29, 0.717) is 11.3 Å². The van der Waals surface area contributed by atoms with Crippen molar-refractivity contribution in [1.82, 2.24) is 14.9 Å². The van der Waals surface area contributed by atoms with Gasteiger partial charge in [-0.2, -0.15) is 0 Å². The van der Waals surface area contributed by atoms with Gasteiger partial charge in [0.1, 0.15) is 18.1 Å². The molecule has 0 fully saturated rings. The van der Waals surface area contributed by atoms with Crippen LogP contribution in [0.15, 0.2) is 54.6 Å². The largest absolute Gasteiger partial charge is 0.348 e. The highest BCUT2D eigenvalue weighted by molar-refractivity contribution is 7.89. The highest BCUT2D eigenvalue weighted by Gasteiger charge is 2.18. The summed E-state index contributed by atoms with van der Waals surface area (Å²) in [4.78, 5) is 16.9. The highest BCUT2D eigenvalue weighted by Crippen LogP contribution is 2.18. The molecule has 0 saturated carbocycles. The molecule has 136 valence electrons. The predicted octanol–water partition coefficient (Wildman–Crippen LogP) is 2.46. The summed E-state index contributed by atoms with van der Waals surface area (Å²) in [5.41, 5.74) is 2.43. The maximum absolute atomic E-state index is 12.5. The molecule has 1 heterocycles. The van der Waals surface area contributed by atoms with Gasteiger partial charge < -0.3 is 9.88 Å². The van der Waals surface area contributed by atoms with Crippen LogP contribution in [0.25, 0.3) is 11.0 Å². The number of rotatable bonds is 6. The van der Waals surface area contributed by atoms with Crippen LogP contribution in [0.4, 0.5) is 0 Å². The molecule has 6 nitrogen and oxygen atoms in total. The van der Waals surface area contributed by atoms with E-state index in [2.05, 4.69) is 10.3 Å². The van der Waals surface area contributed by atoms with Crippen molar-refractivity contribution in [3.63, 3.8) is 0 Å². The molecular formula is C19H21N3O3S. The normalized spacial score (nSPS) is 12.8. The van der Waals surface area contributed by atoms with E-state index in [4.69, 9.17) is 0 Å². The number of nitrogens with one attached hydrogen (secondary N) is 1. The fourth-order valence-electron chi connectivity index (χ4n) is 2.90. The van der Waals surface area contributed by atoms with Gasteiger partial charge in [-0.1, -0.05) is 42.5 Å². The van der Waals surface area contributed by atoms with Gasteiger partial charge in [0.15, 0.2) is 9.84 Å². The van der Waals surface area contributed by atoms with E-state index in [1.807, 2.05) is 61.5 Å². The van der Waals surface area contributed by atoms with Gasteiger partial charge in [-0.05, 0) is 24.6 Å². The lowest BCUT2D eigenvalue weighted by molar-refractivity contribution is -0.122. The minimum absolute atomic E-state index is 0.0164. The lowest BCUT2D eigenvalue weighted by Gasteiger charge is -2.15. The van der Waals surface area contributed by atoms with Crippen LogP contribution in [-0.4, -0.2) is 30.1 Å². The van der Waals surface area contributed by atoms with Crippen molar-refractivity contribution < 1.29 is 13.2 Å². The van der Waals surface area contributed by atoms with Crippen LogP contribution >= 0.6 is 0 Å². The summed E-state index contributed by atoms with van der Waals surface area (Å²) in [5.74, 6) is -0.0288. The molecule has 0 bridgehead atoms. The Labute approximate surface area is 152 Å². The predicted molar refractivity (Wildman–Crippen MR) is 101 cm³/mol. The molecule has 1 N–H and O–H groups in total. The van der Waals surface area contributed by atoms with Gasteiger partial charge >= 0.3 is 0 Å². The van der Waals surface area contributed by atoms with Gasteiger partial charge in [-0.25, -0.2) is 13.4 Å². The third-order valence-corrected chi connectivity index (χ3v) is 4.89. The van der Waals surface area contributed by atoms with Gasteiger partial charge in [-0.3, -0.25) is 4.79 Å². The Morgan fingerprint density at radius 1 is 1.12 bits per heavy atom. The standard InChI is InChI=1S/C19H21N3O3S/c1-14(15-8-4-3-5-9-15)20-19(23)12-22-17-11-7-6-10-16(17)21-18(22)13-26(2,24)25/h3-11,14H,12-13H2,1-2H3,(H,20,23)/t14-/m1/s1. The van der Waals surface area contributed by atoms with E-state index >= 15 is 0 Å². The van der Waals surface area contributed by atoms with Crippen LogP contribution in [0.3, 0.4) is 0 Å².